The first kappa shape index (κ1) is 24.8. The molecule has 2 aromatic rings. The van der Waals surface area contributed by atoms with E-state index in [1.54, 1.807) is 12.1 Å². The number of fused-ring (bicyclic) bond motifs is 1. The molecule has 2 aliphatic heterocycles. The van der Waals surface area contributed by atoms with Gasteiger partial charge in [-0.15, -0.1) is 0 Å². The molecule has 10 heteroatoms. The summed E-state index contributed by atoms with van der Waals surface area (Å²) >= 11 is 0. The van der Waals surface area contributed by atoms with Gasteiger partial charge < -0.3 is 14.6 Å². The molecule has 1 fully saturated rings. The number of aliphatic hydroxyl groups is 1. The van der Waals surface area contributed by atoms with E-state index >= 15 is 0 Å². The van der Waals surface area contributed by atoms with Crippen LogP contribution >= 0.6 is 0 Å². The first-order chi connectivity index (χ1) is 16.2. The minimum Gasteiger partial charge on any atom is -0.490 e. The number of rotatable bonds is 7. The SMILES string of the molecule is CCc1ccc(N(C(F)C(F)F)S(=O)(=O)c2ccc3c(c2)C(O)CC(C2CCOCC2)O3)cc1. The van der Waals surface area contributed by atoms with E-state index in [1.807, 2.05) is 6.92 Å². The molecule has 0 aliphatic carbocycles. The third-order valence-corrected chi connectivity index (χ3v) is 8.23. The second kappa shape index (κ2) is 10.1. The van der Waals surface area contributed by atoms with Gasteiger partial charge in [0.2, 0.25) is 6.30 Å². The van der Waals surface area contributed by atoms with Gasteiger partial charge in [0, 0.05) is 31.1 Å². The Bertz CT molecular complexity index is 1090. The van der Waals surface area contributed by atoms with Crippen LogP contribution in [0.5, 0.6) is 5.75 Å². The fraction of sp³-hybridized carbons (Fsp3) is 0.500. The predicted molar refractivity (Wildman–Crippen MR) is 120 cm³/mol. The lowest BCUT2D eigenvalue weighted by Crippen LogP contribution is -2.42. The predicted octanol–water partition coefficient (Wildman–Crippen LogP) is 4.62. The van der Waals surface area contributed by atoms with Crippen LogP contribution < -0.4 is 9.04 Å². The van der Waals surface area contributed by atoms with E-state index in [1.165, 1.54) is 30.3 Å². The Labute approximate surface area is 197 Å². The van der Waals surface area contributed by atoms with Crippen molar-refractivity contribution in [1.29, 1.82) is 0 Å². The number of hydrogen-bond donors (Lipinski definition) is 1. The summed E-state index contributed by atoms with van der Waals surface area (Å²) in [4.78, 5) is -0.402. The molecule has 0 saturated carbocycles. The molecule has 2 heterocycles. The first-order valence-electron chi connectivity index (χ1n) is 11.3. The van der Waals surface area contributed by atoms with Crippen molar-refractivity contribution in [1.82, 2.24) is 0 Å². The first-order valence-corrected chi connectivity index (χ1v) is 12.8. The zero-order chi connectivity index (χ0) is 24.5. The fourth-order valence-electron chi connectivity index (χ4n) is 4.50. The lowest BCUT2D eigenvalue weighted by atomic mass is 9.87. The maximum atomic E-state index is 14.6. The van der Waals surface area contributed by atoms with Gasteiger partial charge >= 0.3 is 0 Å². The van der Waals surface area contributed by atoms with E-state index in [4.69, 9.17) is 9.47 Å². The molecule has 0 spiro atoms. The number of benzene rings is 2. The van der Waals surface area contributed by atoms with E-state index in [0.717, 1.165) is 18.4 Å². The van der Waals surface area contributed by atoms with Crippen molar-refractivity contribution in [2.24, 2.45) is 5.92 Å². The van der Waals surface area contributed by atoms with Gasteiger partial charge in [-0.25, -0.2) is 25.9 Å². The third kappa shape index (κ3) is 4.89. The number of sulfonamides is 1. The summed E-state index contributed by atoms with van der Waals surface area (Å²) in [7, 11) is -4.71. The number of aryl methyl sites for hydroxylation is 1. The van der Waals surface area contributed by atoms with E-state index in [0.29, 0.717) is 25.4 Å². The van der Waals surface area contributed by atoms with Crippen LogP contribution in [-0.4, -0.2) is 45.6 Å². The average Bonchev–Trinajstić information content (AvgIpc) is 2.84. The van der Waals surface area contributed by atoms with Crippen LogP contribution in [-0.2, 0) is 21.2 Å². The van der Waals surface area contributed by atoms with Crippen LogP contribution in [0.1, 0.15) is 43.4 Å². The molecule has 4 rings (SSSR count). The van der Waals surface area contributed by atoms with Gasteiger partial charge in [0.25, 0.3) is 16.4 Å². The molecule has 2 aliphatic rings. The van der Waals surface area contributed by atoms with Crippen LogP contribution in [0.25, 0.3) is 0 Å². The van der Waals surface area contributed by atoms with Crippen molar-refractivity contribution in [2.75, 3.05) is 17.5 Å². The number of alkyl halides is 3. The number of nitrogens with zero attached hydrogens (tertiary/aromatic N) is 1. The summed E-state index contributed by atoms with van der Waals surface area (Å²) in [5.74, 6) is 0.540. The minimum atomic E-state index is -4.71. The molecular formula is C24H28F3NO5S. The largest absolute Gasteiger partial charge is 0.490 e. The van der Waals surface area contributed by atoms with Crippen LogP contribution in [0, 0.1) is 5.92 Å². The number of anilines is 1. The van der Waals surface area contributed by atoms with E-state index in [2.05, 4.69) is 0 Å². The van der Waals surface area contributed by atoms with Crippen LogP contribution in [0.3, 0.4) is 0 Å². The lowest BCUT2D eigenvalue weighted by Gasteiger charge is -2.36. The maximum absolute atomic E-state index is 14.6. The third-order valence-electron chi connectivity index (χ3n) is 6.45. The summed E-state index contributed by atoms with van der Waals surface area (Å²) < 4.78 is 79.6. The summed E-state index contributed by atoms with van der Waals surface area (Å²) in [5.41, 5.74) is 0.874. The lowest BCUT2D eigenvalue weighted by molar-refractivity contribution is -0.0151. The number of halogens is 3. The van der Waals surface area contributed by atoms with Gasteiger partial charge in [-0.3, -0.25) is 0 Å². The van der Waals surface area contributed by atoms with Crippen molar-refractivity contribution >= 4 is 15.7 Å². The topological polar surface area (TPSA) is 76.1 Å². The quantitative estimate of drug-likeness (QED) is 0.563. The van der Waals surface area contributed by atoms with Crippen LogP contribution in [0.15, 0.2) is 47.4 Å². The molecule has 0 bridgehead atoms. The van der Waals surface area contributed by atoms with Crippen molar-refractivity contribution in [2.45, 2.75) is 62.4 Å². The summed E-state index contributed by atoms with van der Waals surface area (Å²) in [6, 6.07) is 9.51. The van der Waals surface area contributed by atoms with Gasteiger partial charge in [0.05, 0.1) is 16.7 Å². The Morgan fingerprint density at radius 1 is 1.09 bits per heavy atom. The smallest absolute Gasteiger partial charge is 0.288 e. The number of hydrogen-bond acceptors (Lipinski definition) is 5. The highest BCUT2D eigenvalue weighted by Crippen LogP contribution is 2.41. The molecule has 1 N–H and O–H groups in total. The van der Waals surface area contributed by atoms with Gasteiger partial charge in [0.15, 0.2) is 0 Å². The molecule has 0 radical (unpaired) electrons. The average molecular weight is 500 g/mol. The molecule has 3 atom stereocenters. The molecule has 2 aromatic carbocycles. The molecule has 6 nitrogen and oxygen atoms in total. The Morgan fingerprint density at radius 3 is 2.38 bits per heavy atom. The zero-order valence-corrected chi connectivity index (χ0v) is 19.6. The van der Waals surface area contributed by atoms with Crippen molar-refractivity contribution in [3.63, 3.8) is 0 Å². The highest BCUT2D eigenvalue weighted by atomic mass is 32.2. The van der Waals surface area contributed by atoms with Crippen LogP contribution in [0.2, 0.25) is 0 Å². The van der Waals surface area contributed by atoms with Crippen molar-refractivity contribution in [3.8, 4) is 5.75 Å². The normalized spacial score (nSPS) is 22.2. The fourth-order valence-corrected chi connectivity index (χ4v) is 6.00. The molecular weight excluding hydrogens is 471 g/mol. The summed E-state index contributed by atoms with van der Waals surface area (Å²) in [5, 5.41) is 10.7. The number of aliphatic hydroxyl groups excluding tert-OH is 1. The minimum absolute atomic E-state index is 0.0970. The van der Waals surface area contributed by atoms with Crippen molar-refractivity contribution < 1.29 is 36.2 Å². The number of ether oxygens (including phenoxy) is 2. The van der Waals surface area contributed by atoms with E-state index in [9.17, 15) is 26.7 Å². The maximum Gasteiger partial charge on any atom is 0.288 e. The van der Waals surface area contributed by atoms with E-state index < -0.39 is 33.7 Å². The molecule has 0 aromatic heterocycles. The standard InChI is InChI=1S/C24H28F3NO5S/c1-2-15-3-5-17(6-4-15)28(24(27)23(25)26)34(30,31)18-7-8-21-19(13-18)20(29)14-22(33-21)16-9-11-32-12-10-16/h3-8,13,16,20,22-24,29H,2,9-12,14H2,1H3. The second-order valence-electron chi connectivity index (χ2n) is 8.59. The molecule has 1 saturated heterocycles. The van der Waals surface area contributed by atoms with Gasteiger partial charge in [0.1, 0.15) is 11.9 Å². The Balaban J connectivity index is 1.67. The van der Waals surface area contributed by atoms with Crippen molar-refractivity contribution in [3.05, 3.63) is 53.6 Å². The van der Waals surface area contributed by atoms with Gasteiger partial charge in [-0.05, 0) is 55.2 Å². The Hall–Kier alpha value is -2.30. The van der Waals surface area contributed by atoms with Gasteiger partial charge in [-0.2, -0.15) is 0 Å². The molecule has 186 valence electrons. The summed E-state index contributed by atoms with van der Waals surface area (Å²) in [6.45, 7) is 3.12. The highest BCUT2D eigenvalue weighted by molar-refractivity contribution is 7.92. The van der Waals surface area contributed by atoms with E-state index in [-0.39, 0.29) is 34.0 Å². The Kier molecular flexibility index (Phi) is 7.39. The highest BCUT2D eigenvalue weighted by Gasteiger charge is 2.39. The van der Waals surface area contributed by atoms with Crippen LogP contribution in [0.4, 0.5) is 18.9 Å². The second-order valence-corrected chi connectivity index (χ2v) is 10.4. The van der Waals surface area contributed by atoms with Gasteiger partial charge in [-0.1, -0.05) is 19.1 Å². The summed E-state index contributed by atoms with van der Waals surface area (Å²) in [6.07, 6.45) is -5.34. The molecule has 34 heavy (non-hydrogen) atoms. The monoisotopic (exact) mass is 499 g/mol. The molecule has 3 unspecified atom stereocenters. The zero-order valence-electron chi connectivity index (χ0n) is 18.7. The Morgan fingerprint density at radius 2 is 1.76 bits per heavy atom. The molecule has 0 amide bonds.